The van der Waals surface area contributed by atoms with Crippen molar-refractivity contribution in [2.75, 3.05) is 11.9 Å². The lowest BCUT2D eigenvalue weighted by atomic mass is 9.85. The van der Waals surface area contributed by atoms with Gasteiger partial charge >= 0.3 is 0 Å². The van der Waals surface area contributed by atoms with Gasteiger partial charge in [0.1, 0.15) is 6.54 Å². The highest BCUT2D eigenvalue weighted by atomic mass is 16.2. The first-order valence-corrected chi connectivity index (χ1v) is 8.37. The highest BCUT2D eigenvalue weighted by Crippen LogP contribution is 2.52. The van der Waals surface area contributed by atoms with Crippen LogP contribution in [0.4, 0.5) is 5.69 Å². The number of amides is 3. The van der Waals surface area contributed by atoms with Gasteiger partial charge in [0.15, 0.2) is 0 Å². The van der Waals surface area contributed by atoms with Crippen LogP contribution in [-0.4, -0.2) is 29.2 Å². The molecule has 1 N–H and O–H groups in total. The number of fused-ring (bicyclic) bond motifs is 5. The lowest BCUT2D eigenvalue weighted by Crippen LogP contribution is -2.39. The lowest BCUT2D eigenvalue weighted by Gasteiger charge is -2.17. The van der Waals surface area contributed by atoms with E-state index in [0.29, 0.717) is 0 Å². The van der Waals surface area contributed by atoms with E-state index < -0.39 is 0 Å². The van der Waals surface area contributed by atoms with Crippen molar-refractivity contribution in [1.29, 1.82) is 0 Å². The smallest absolute Gasteiger partial charge is 0.244 e. The van der Waals surface area contributed by atoms with Crippen LogP contribution in [0.25, 0.3) is 0 Å². The number of benzene rings is 1. The Labute approximate surface area is 140 Å². The van der Waals surface area contributed by atoms with Gasteiger partial charge in [0.25, 0.3) is 0 Å². The summed E-state index contributed by atoms with van der Waals surface area (Å²) in [6.07, 6.45) is 5.00. The van der Waals surface area contributed by atoms with Gasteiger partial charge in [-0.25, -0.2) is 0 Å². The minimum absolute atomic E-state index is 0.170. The third-order valence-corrected chi connectivity index (χ3v) is 5.74. The minimum Gasteiger partial charge on any atom is -0.324 e. The van der Waals surface area contributed by atoms with Crippen LogP contribution < -0.4 is 5.32 Å². The number of aryl methyl sites for hydroxylation is 1. The van der Waals surface area contributed by atoms with E-state index >= 15 is 0 Å². The van der Waals surface area contributed by atoms with E-state index in [1.165, 1.54) is 0 Å². The molecule has 124 valence electrons. The van der Waals surface area contributed by atoms with E-state index in [0.717, 1.165) is 28.1 Å². The Balaban J connectivity index is 1.48. The van der Waals surface area contributed by atoms with E-state index in [9.17, 15) is 14.4 Å². The van der Waals surface area contributed by atoms with Crippen LogP contribution in [0.1, 0.15) is 17.5 Å². The fourth-order valence-electron chi connectivity index (χ4n) is 4.34. The average Bonchev–Trinajstić information content (AvgIpc) is 3.22. The second-order valence-electron chi connectivity index (χ2n) is 7.06. The maximum absolute atomic E-state index is 12.6. The molecular weight excluding hydrogens is 304 g/mol. The van der Waals surface area contributed by atoms with Crippen molar-refractivity contribution >= 4 is 23.4 Å². The number of hydrogen-bond donors (Lipinski definition) is 1. The molecule has 1 saturated carbocycles. The van der Waals surface area contributed by atoms with Crippen molar-refractivity contribution in [2.24, 2.45) is 23.7 Å². The maximum Gasteiger partial charge on any atom is 0.244 e. The molecule has 1 heterocycles. The highest BCUT2D eigenvalue weighted by Gasteiger charge is 2.59. The molecule has 2 fully saturated rings. The second-order valence-corrected chi connectivity index (χ2v) is 7.06. The molecule has 5 heteroatoms. The summed E-state index contributed by atoms with van der Waals surface area (Å²) in [5.41, 5.74) is 2.79. The van der Waals surface area contributed by atoms with Gasteiger partial charge in [-0.3, -0.25) is 19.3 Å². The monoisotopic (exact) mass is 324 g/mol. The molecule has 0 radical (unpaired) electrons. The first-order valence-electron chi connectivity index (χ1n) is 8.37. The van der Waals surface area contributed by atoms with Crippen LogP contribution in [0.2, 0.25) is 0 Å². The lowest BCUT2D eigenvalue weighted by molar-refractivity contribution is -0.143. The van der Waals surface area contributed by atoms with Crippen molar-refractivity contribution < 1.29 is 14.4 Å². The summed E-state index contributed by atoms with van der Waals surface area (Å²) in [6, 6.07) is 5.67. The van der Waals surface area contributed by atoms with E-state index in [1.54, 1.807) is 0 Å². The van der Waals surface area contributed by atoms with Gasteiger partial charge in [-0.15, -0.1) is 0 Å². The average molecular weight is 324 g/mol. The van der Waals surface area contributed by atoms with E-state index in [-0.39, 0.29) is 47.9 Å². The van der Waals surface area contributed by atoms with Crippen LogP contribution in [0.5, 0.6) is 0 Å². The number of carbonyl (C=O) groups is 3. The Morgan fingerprint density at radius 3 is 2.38 bits per heavy atom. The summed E-state index contributed by atoms with van der Waals surface area (Å²) in [6.45, 7) is 3.71. The van der Waals surface area contributed by atoms with Crippen LogP contribution >= 0.6 is 0 Å². The zero-order valence-electron chi connectivity index (χ0n) is 13.8. The van der Waals surface area contributed by atoms with Crippen molar-refractivity contribution in [3.05, 3.63) is 41.5 Å². The number of imide groups is 1. The van der Waals surface area contributed by atoms with Crippen molar-refractivity contribution in [1.82, 2.24) is 4.90 Å². The standard InChI is InChI=1S/C19H20N2O3/c1-10-4-3-5-14(11(10)2)20-15(22)9-21-18(23)16-12-6-7-13(8-12)17(16)19(21)24/h3-7,12-13,16-17H,8-9H2,1-2H3,(H,20,22)/t12-,13-,16-,17-/m0/s1. The number of hydrogen-bond acceptors (Lipinski definition) is 3. The molecule has 0 aromatic heterocycles. The molecule has 3 aliphatic rings. The van der Waals surface area contributed by atoms with E-state index in [1.807, 2.05) is 32.0 Å². The Hall–Kier alpha value is -2.43. The minimum atomic E-state index is -0.328. The van der Waals surface area contributed by atoms with Gasteiger partial charge in [-0.1, -0.05) is 24.3 Å². The predicted octanol–water partition coefficient (Wildman–Crippen LogP) is 2.05. The summed E-state index contributed by atoms with van der Waals surface area (Å²) >= 11 is 0. The molecule has 1 aromatic carbocycles. The van der Waals surface area contributed by atoms with Gasteiger partial charge in [0.2, 0.25) is 17.7 Å². The zero-order chi connectivity index (χ0) is 17.0. The summed E-state index contributed by atoms with van der Waals surface area (Å²) in [5.74, 6) is -0.851. The molecule has 3 amide bonds. The predicted molar refractivity (Wildman–Crippen MR) is 89.0 cm³/mol. The zero-order valence-corrected chi connectivity index (χ0v) is 13.8. The molecule has 0 spiro atoms. The van der Waals surface area contributed by atoms with E-state index in [2.05, 4.69) is 17.5 Å². The molecule has 2 aliphatic carbocycles. The number of nitrogens with zero attached hydrogens (tertiary/aromatic N) is 1. The Kier molecular flexibility index (Phi) is 3.34. The van der Waals surface area contributed by atoms with Crippen molar-refractivity contribution in [3.8, 4) is 0 Å². The molecular formula is C19H20N2O3. The largest absolute Gasteiger partial charge is 0.324 e. The molecule has 4 atom stereocenters. The van der Waals surface area contributed by atoms with Crippen LogP contribution in [-0.2, 0) is 14.4 Å². The SMILES string of the molecule is Cc1cccc(NC(=O)CN2C(=O)[C@@H]3[C@@H](C2=O)[C@H]2C=C[C@H]3C2)c1C. The molecule has 2 bridgehead atoms. The number of likely N-dealkylation sites (tertiary alicyclic amines) is 1. The van der Waals surface area contributed by atoms with Gasteiger partial charge in [0, 0.05) is 5.69 Å². The summed E-state index contributed by atoms with van der Waals surface area (Å²) in [5, 5.41) is 2.82. The van der Waals surface area contributed by atoms with Crippen LogP contribution in [0.3, 0.4) is 0 Å². The molecule has 1 aromatic rings. The third-order valence-electron chi connectivity index (χ3n) is 5.74. The second kappa shape index (κ2) is 5.30. The number of nitrogens with one attached hydrogen (secondary N) is 1. The van der Waals surface area contributed by atoms with E-state index in [4.69, 9.17) is 0 Å². The van der Waals surface area contributed by atoms with Crippen molar-refractivity contribution in [3.63, 3.8) is 0 Å². The summed E-state index contributed by atoms with van der Waals surface area (Å²) < 4.78 is 0. The highest BCUT2D eigenvalue weighted by molar-refractivity contribution is 6.09. The molecule has 0 unspecified atom stereocenters. The van der Waals surface area contributed by atoms with Gasteiger partial charge < -0.3 is 5.32 Å². The topological polar surface area (TPSA) is 66.5 Å². The Morgan fingerprint density at radius 2 is 1.75 bits per heavy atom. The van der Waals surface area contributed by atoms with Gasteiger partial charge in [0.05, 0.1) is 11.8 Å². The Bertz CT molecular complexity index is 753. The number of allylic oxidation sites excluding steroid dienone is 2. The molecule has 24 heavy (non-hydrogen) atoms. The molecule has 1 aliphatic heterocycles. The summed E-state index contributed by atoms with van der Waals surface area (Å²) in [4.78, 5) is 38.7. The summed E-state index contributed by atoms with van der Waals surface area (Å²) in [7, 11) is 0. The number of carbonyl (C=O) groups excluding carboxylic acids is 3. The van der Waals surface area contributed by atoms with Gasteiger partial charge in [-0.2, -0.15) is 0 Å². The normalized spacial score (nSPS) is 30.2. The van der Waals surface area contributed by atoms with Crippen molar-refractivity contribution in [2.45, 2.75) is 20.3 Å². The quantitative estimate of drug-likeness (QED) is 0.683. The van der Waals surface area contributed by atoms with Crippen LogP contribution in [0, 0.1) is 37.5 Å². The molecule has 5 nitrogen and oxygen atoms in total. The third kappa shape index (κ3) is 2.11. The first-order chi connectivity index (χ1) is 11.5. The fourth-order valence-corrected chi connectivity index (χ4v) is 4.34. The number of anilines is 1. The first kappa shape index (κ1) is 15.1. The van der Waals surface area contributed by atoms with Gasteiger partial charge in [-0.05, 0) is 49.3 Å². The maximum atomic E-state index is 12.6. The molecule has 4 rings (SSSR count). The fraction of sp³-hybridized carbons (Fsp3) is 0.421. The molecule has 1 saturated heterocycles. The Morgan fingerprint density at radius 1 is 1.12 bits per heavy atom. The van der Waals surface area contributed by atoms with Crippen LogP contribution in [0.15, 0.2) is 30.4 Å². The number of rotatable bonds is 3.